The van der Waals surface area contributed by atoms with Crippen molar-refractivity contribution in [3.63, 3.8) is 0 Å². The molecule has 0 aromatic carbocycles. The third kappa shape index (κ3) is 8.58. The average molecular weight is 315 g/mol. The Balaban J connectivity index is 0.00000191. The smallest absolute Gasteiger partial charge is 0.0635 e. The molecular formula is C17H34N2OS. The summed E-state index contributed by atoms with van der Waals surface area (Å²) in [5.41, 5.74) is 0. The number of rotatable bonds is 7. The van der Waals surface area contributed by atoms with Crippen molar-refractivity contribution >= 4 is 10.8 Å². The van der Waals surface area contributed by atoms with Gasteiger partial charge < -0.3 is 0 Å². The van der Waals surface area contributed by atoms with E-state index in [1.54, 1.807) is 6.26 Å². The number of nitrogens with zero attached hydrogens (tertiary/aromatic N) is 2. The molecule has 0 aromatic heterocycles. The minimum atomic E-state index is -0.643. The van der Waals surface area contributed by atoms with E-state index < -0.39 is 10.8 Å². The molecule has 0 radical (unpaired) electrons. The zero-order valence-corrected chi connectivity index (χ0v) is 15.4. The molecule has 0 aliphatic heterocycles. The summed E-state index contributed by atoms with van der Waals surface area (Å²) in [5.74, 6) is 1.63. The predicted octanol–water partition coefficient (Wildman–Crippen LogP) is 3.96. The highest BCUT2D eigenvalue weighted by atomic mass is 32.2. The summed E-state index contributed by atoms with van der Waals surface area (Å²) < 4.78 is 11.1. The lowest BCUT2D eigenvalue weighted by Crippen LogP contribution is -2.43. The third-order valence-electron chi connectivity index (χ3n) is 4.24. The van der Waals surface area contributed by atoms with Crippen molar-refractivity contribution in [3.05, 3.63) is 0 Å². The van der Waals surface area contributed by atoms with Gasteiger partial charge in [-0.15, -0.1) is 0 Å². The van der Waals surface area contributed by atoms with Gasteiger partial charge in [0.2, 0.25) is 0 Å². The lowest BCUT2D eigenvalue weighted by molar-refractivity contribution is 0.107. The number of hydrogen-bond donors (Lipinski definition) is 0. The van der Waals surface area contributed by atoms with E-state index >= 15 is 0 Å². The number of hydrogen-bond acceptors (Lipinski definition) is 3. The molecule has 1 saturated carbocycles. The molecule has 0 bridgehead atoms. The summed E-state index contributed by atoms with van der Waals surface area (Å²) in [6, 6.07) is 3.43. The number of nitriles is 1. The zero-order valence-electron chi connectivity index (χ0n) is 14.6. The molecule has 0 saturated heterocycles. The van der Waals surface area contributed by atoms with Gasteiger partial charge in [-0.2, -0.15) is 5.26 Å². The lowest BCUT2D eigenvalue weighted by atomic mass is 9.83. The van der Waals surface area contributed by atoms with E-state index in [0.29, 0.717) is 18.5 Å². The lowest BCUT2D eigenvalue weighted by Gasteiger charge is -2.39. The van der Waals surface area contributed by atoms with Crippen LogP contribution in [-0.4, -0.2) is 39.7 Å². The van der Waals surface area contributed by atoms with E-state index in [2.05, 4.69) is 24.8 Å². The van der Waals surface area contributed by atoms with Gasteiger partial charge in [0.15, 0.2) is 0 Å². The maximum atomic E-state index is 11.1. The van der Waals surface area contributed by atoms with Gasteiger partial charge in [-0.25, -0.2) is 0 Å². The molecule has 124 valence electrons. The molecule has 1 atom stereocenters. The van der Waals surface area contributed by atoms with Gasteiger partial charge in [0.1, 0.15) is 0 Å². The zero-order chi connectivity index (χ0) is 16.3. The largest absolute Gasteiger partial charge is 0.297 e. The van der Waals surface area contributed by atoms with E-state index in [4.69, 9.17) is 5.26 Å². The molecule has 1 aliphatic carbocycles. The maximum absolute atomic E-state index is 11.1. The summed E-state index contributed by atoms with van der Waals surface area (Å²) in [5, 5.41) is 8.75. The Hall–Kier alpha value is -0.400. The summed E-state index contributed by atoms with van der Waals surface area (Å²) >= 11 is 0. The monoisotopic (exact) mass is 314 g/mol. The first-order chi connectivity index (χ1) is 10.0. The standard InChI is InChI=1S/C15H28N2OS.C2H6/c1-13(2)17(11-4-10-16)15-7-5-14(6-8-15)9-12-19(3)18;1-2/h13-15H,4-9,11-12H2,1-3H3;1-2H3. The van der Waals surface area contributed by atoms with Crippen LogP contribution in [0.3, 0.4) is 0 Å². The molecule has 3 nitrogen and oxygen atoms in total. The van der Waals surface area contributed by atoms with E-state index in [9.17, 15) is 4.21 Å². The van der Waals surface area contributed by atoms with Crippen LogP contribution in [0.25, 0.3) is 0 Å². The Labute approximate surface area is 134 Å². The molecule has 21 heavy (non-hydrogen) atoms. The Morgan fingerprint density at radius 3 is 2.24 bits per heavy atom. The van der Waals surface area contributed by atoms with E-state index in [1.807, 2.05) is 13.8 Å². The van der Waals surface area contributed by atoms with Gasteiger partial charge in [0, 0.05) is 47.9 Å². The Morgan fingerprint density at radius 2 is 1.81 bits per heavy atom. The van der Waals surface area contributed by atoms with Crippen LogP contribution in [0.1, 0.15) is 66.2 Å². The molecular weight excluding hydrogens is 280 g/mol. The Kier molecular flexibility index (Phi) is 11.9. The van der Waals surface area contributed by atoms with Crippen molar-refractivity contribution in [1.29, 1.82) is 5.26 Å². The molecule has 1 unspecified atom stereocenters. The Morgan fingerprint density at radius 1 is 1.24 bits per heavy atom. The molecule has 0 heterocycles. The van der Waals surface area contributed by atoms with Crippen LogP contribution in [0.5, 0.6) is 0 Å². The topological polar surface area (TPSA) is 44.1 Å². The second-order valence-corrected chi connectivity index (χ2v) is 7.53. The fourth-order valence-corrected chi connectivity index (χ4v) is 3.80. The van der Waals surface area contributed by atoms with Gasteiger partial charge in [0.25, 0.3) is 0 Å². The molecule has 1 fully saturated rings. The van der Waals surface area contributed by atoms with Crippen molar-refractivity contribution in [2.45, 2.75) is 78.3 Å². The average Bonchev–Trinajstić information content (AvgIpc) is 2.48. The van der Waals surface area contributed by atoms with Gasteiger partial charge in [-0.1, -0.05) is 13.8 Å². The van der Waals surface area contributed by atoms with Crippen LogP contribution < -0.4 is 0 Å². The SMILES string of the molecule is CC.CC(C)N(CCC#N)C1CCC(CCS(C)=O)CC1. The molecule has 1 rings (SSSR count). The fraction of sp³-hybridized carbons (Fsp3) is 0.941. The predicted molar refractivity (Wildman–Crippen MR) is 92.7 cm³/mol. The minimum Gasteiger partial charge on any atom is -0.297 e. The summed E-state index contributed by atoms with van der Waals surface area (Å²) in [7, 11) is -0.643. The van der Waals surface area contributed by atoms with Crippen molar-refractivity contribution < 1.29 is 4.21 Å². The van der Waals surface area contributed by atoms with Crippen molar-refractivity contribution in [3.8, 4) is 6.07 Å². The molecule has 0 N–H and O–H groups in total. The highest BCUT2D eigenvalue weighted by Gasteiger charge is 2.26. The van der Waals surface area contributed by atoms with Gasteiger partial charge in [-0.3, -0.25) is 9.11 Å². The van der Waals surface area contributed by atoms with E-state index in [0.717, 1.165) is 24.6 Å². The maximum Gasteiger partial charge on any atom is 0.0635 e. The molecule has 1 aliphatic rings. The van der Waals surface area contributed by atoms with Gasteiger partial charge >= 0.3 is 0 Å². The highest BCUT2D eigenvalue weighted by Crippen LogP contribution is 2.30. The van der Waals surface area contributed by atoms with Crippen LogP contribution in [0.2, 0.25) is 0 Å². The first-order valence-corrected chi connectivity index (χ1v) is 10.2. The van der Waals surface area contributed by atoms with E-state index in [-0.39, 0.29) is 0 Å². The first-order valence-electron chi connectivity index (χ1n) is 8.47. The second kappa shape index (κ2) is 12.2. The normalized spacial score (nSPS) is 23.3. The van der Waals surface area contributed by atoms with Crippen molar-refractivity contribution in [2.75, 3.05) is 18.6 Å². The quantitative estimate of drug-likeness (QED) is 0.714. The van der Waals surface area contributed by atoms with Crippen LogP contribution in [0.15, 0.2) is 0 Å². The van der Waals surface area contributed by atoms with Crippen LogP contribution >= 0.6 is 0 Å². The summed E-state index contributed by atoms with van der Waals surface area (Å²) in [6.07, 6.45) is 8.56. The Bertz CT molecular complexity index is 317. The van der Waals surface area contributed by atoms with Crippen LogP contribution in [0, 0.1) is 17.2 Å². The third-order valence-corrected chi connectivity index (χ3v) is 5.05. The molecule has 0 aromatic rings. The van der Waals surface area contributed by atoms with Crippen molar-refractivity contribution in [2.24, 2.45) is 5.92 Å². The highest BCUT2D eigenvalue weighted by molar-refractivity contribution is 7.84. The van der Waals surface area contributed by atoms with Crippen LogP contribution in [-0.2, 0) is 10.8 Å². The summed E-state index contributed by atoms with van der Waals surface area (Å²) in [4.78, 5) is 2.50. The summed E-state index contributed by atoms with van der Waals surface area (Å²) in [6.45, 7) is 9.36. The molecule has 0 spiro atoms. The molecule has 4 heteroatoms. The van der Waals surface area contributed by atoms with Gasteiger partial charge in [0.05, 0.1) is 6.07 Å². The first kappa shape index (κ1) is 20.6. The van der Waals surface area contributed by atoms with Crippen molar-refractivity contribution in [1.82, 2.24) is 4.90 Å². The molecule has 0 amide bonds. The van der Waals surface area contributed by atoms with Gasteiger partial charge in [-0.05, 0) is 51.9 Å². The van der Waals surface area contributed by atoms with Crippen LogP contribution in [0.4, 0.5) is 0 Å². The fourth-order valence-electron chi connectivity index (χ4n) is 3.14. The minimum absolute atomic E-state index is 0.526. The second-order valence-electron chi connectivity index (χ2n) is 5.98. The van der Waals surface area contributed by atoms with E-state index in [1.165, 1.54) is 25.7 Å².